The van der Waals surface area contributed by atoms with Crippen LogP contribution in [0.2, 0.25) is 0 Å². The van der Waals surface area contributed by atoms with Crippen LogP contribution in [0.25, 0.3) is 0 Å². The second-order valence-electron chi connectivity index (χ2n) is 7.08. The number of rotatable bonds is 10. The molecule has 0 aliphatic carbocycles. The molecule has 2 N–H and O–H groups in total. The van der Waals surface area contributed by atoms with Crippen molar-refractivity contribution in [2.45, 2.75) is 39.2 Å². The number of nitrogens with one attached hydrogen (secondary N) is 1. The molecule has 8 heteroatoms. The summed E-state index contributed by atoms with van der Waals surface area (Å²) in [6.07, 6.45) is 4.30. The second kappa shape index (κ2) is 9.54. The maximum absolute atomic E-state index is 12.5. The van der Waals surface area contributed by atoms with Crippen molar-refractivity contribution < 1.29 is 19.4 Å². The number of amides is 2. The number of aliphatic hydroxyl groups is 1. The number of benzene rings is 1. The highest BCUT2D eigenvalue weighted by molar-refractivity contribution is 6.05. The number of aliphatic imine (C=N–C) groups is 1. The minimum absolute atomic E-state index is 0.0543. The summed E-state index contributed by atoms with van der Waals surface area (Å²) in [4.78, 5) is 32.0. The van der Waals surface area contributed by atoms with Crippen molar-refractivity contribution in [3.8, 4) is 5.75 Å². The molecule has 0 saturated carbocycles. The molecule has 2 heterocycles. The zero-order valence-electron chi connectivity index (χ0n) is 16.3. The summed E-state index contributed by atoms with van der Waals surface area (Å²) >= 11 is 0. The molecular formula is C20H28N4O4. The first-order valence-electron chi connectivity index (χ1n) is 9.88. The molecular weight excluding hydrogens is 360 g/mol. The van der Waals surface area contributed by atoms with Crippen molar-refractivity contribution in [1.82, 2.24) is 15.1 Å². The molecule has 152 valence electrons. The van der Waals surface area contributed by atoms with E-state index in [0.717, 1.165) is 36.9 Å². The Morgan fingerprint density at radius 2 is 2.14 bits per heavy atom. The first-order valence-corrected chi connectivity index (χ1v) is 9.88. The van der Waals surface area contributed by atoms with Crippen molar-refractivity contribution in [3.05, 3.63) is 23.8 Å². The van der Waals surface area contributed by atoms with Gasteiger partial charge in [-0.1, -0.05) is 26.2 Å². The summed E-state index contributed by atoms with van der Waals surface area (Å²) in [5.41, 5.74) is 1.75. The molecule has 1 saturated heterocycles. The van der Waals surface area contributed by atoms with Gasteiger partial charge in [-0.2, -0.15) is 0 Å². The van der Waals surface area contributed by atoms with Crippen molar-refractivity contribution >= 4 is 23.5 Å². The topological polar surface area (TPSA) is 94.5 Å². The third kappa shape index (κ3) is 5.01. The summed E-state index contributed by atoms with van der Waals surface area (Å²) in [6, 6.07) is 5.48. The van der Waals surface area contributed by atoms with Gasteiger partial charge in [0.2, 0.25) is 11.9 Å². The molecule has 0 spiro atoms. The highest BCUT2D eigenvalue weighted by atomic mass is 16.5. The van der Waals surface area contributed by atoms with Crippen LogP contribution in [-0.4, -0.2) is 65.5 Å². The van der Waals surface area contributed by atoms with E-state index in [4.69, 9.17) is 4.74 Å². The normalized spacial score (nSPS) is 14.9. The Bertz CT molecular complexity index is 750. The average molecular weight is 388 g/mol. The first kappa shape index (κ1) is 20.1. The Kier molecular flexibility index (Phi) is 6.86. The number of unbranched alkanes of at least 4 members (excludes halogenated alkanes) is 3. The van der Waals surface area contributed by atoms with Gasteiger partial charge in [-0.15, -0.1) is 0 Å². The molecule has 0 bridgehead atoms. The number of hydrogen-bond acceptors (Lipinski definition) is 6. The van der Waals surface area contributed by atoms with Crippen LogP contribution in [0.1, 0.15) is 38.2 Å². The Balaban J connectivity index is 1.55. The van der Waals surface area contributed by atoms with Crippen LogP contribution < -0.4 is 10.1 Å². The minimum atomic E-state index is -0.127. The number of ether oxygens (including phenoxy) is 1. The Morgan fingerprint density at radius 1 is 1.29 bits per heavy atom. The number of aliphatic hydroxyl groups excluding tert-OH is 1. The SMILES string of the molecule is CCCCCCN(CCO)C(=O)COc1ccc2c(c1)CN1CC(=O)NC1=N2. The molecule has 0 radical (unpaired) electrons. The fourth-order valence-electron chi connectivity index (χ4n) is 3.38. The van der Waals surface area contributed by atoms with E-state index in [1.165, 1.54) is 0 Å². The van der Waals surface area contributed by atoms with Gasteiger partial charge in [-0.25, -0.2) is 4.99 Å². The third-order valence-electron chi connectivity index (χ3n) is 4.89. The second-order valence-corrected chi connectivity index (χ2v) is 7.08. The van der Waals surface area contributed by atoms with Gasteiger partial charge in [0, 0.05) is 25.2 Å². The van der Waals surface area contributed by atoms with Crippen LogP contribution in [0.3, 0.4) is 0 Å². The maximum atomic E-state index is 12.5. The van der Waals surface area contributed by atoms with Gasteiger partial charge in [0.25, 0.3) is 5.91 Å². The number of hydrogen-bond donors (Lipinski definition) is 2. The van der Waals surface area contributed by atoms with Crippen LogP contribution in [0.15, 0.2) is 23.2 Å². The lowest BCUT2D eigenvalue weighted by Crippen LogP contribution is -2.37. The van der Waals surface area contributed by atoms with Crippen molar-refractivity contribution in [1.29, 1.82) is 0 Å². The largest absolute Gasteiger partial charge is 0.484 e. The Labute approximate surface area is 165 Å². The van der Waals surface area contributed by atoms with Crippen molar-refractivity contribution in [3.63, 3.8) is 0 Å². The van der Waals surface area contributed by atoms with Crippen molar-refractivity contribution in [2.75, 3.05) is 32.8 Å². The van der Waals surface area contributed by atoms with Crippen LogP contribution >= 0.6 is 0 Å². The molecule has 8 nitrogen and oxygen atoms in total. The van der Waals surface area contributed by atoms with E-state index in [9.17, 15) is 14.7 Å². The summed E-state index contributed by atoms with van der Waals surface area (Å²) < 4.78 is 5.70. The van der Waals surface area contributed by atoms with Crippen LogP contribution in [0.4, 0.5) is 5.69 Å². The van der Waals surface area contributed by atoms with Crippen LogP contribution in [0.5, 0.6) is 5.75 Å². The molecule has 0 unspecified atom stereocenters. The smallest absolute Gasteiger partial charge is 0.260 e. The molecule has 2 amide bonds. The standard InChI is InChI=1S/C20H28N4O4/c1-2-3-4-5-8-23(9-10-25)19(27)14-28-16-6-7-17-15(11-16)12-24-13-18(26)22-20(24)21-17/h6-7,11,25H,2-5,8-10,12-14H2,1H3,(H,21,22,26). The number of carbonyl (C=O) groups excluding carboxylic acids is 2. The molecule has 0 atom stereocenters. The lowest BCUT2D eigenvalue weighted by Gasteiger charge is -2.24. The Morgan fingerprint density at radius 3 is 2.93 bits per heavy atom. The predicted molar refractivity (Wildman–Crippen MR) is 105 cm³/mol. The third-order valence-corrected chi connectivity index (χ3v) is 4.89. The number of carbonyl (C=O) groups is 2. The molecule has 1 aromatic rings. The van der Waals surface area contributed by atoms with Gasteiger partial charge in [0.05, 0.1) is 12.3 Å². The van der Waals surface area contributed by atoms with E-state index in [2.05, 4.69) is 17.2 Å². The average Bonchev–Trinajstić information content (AvgIpc) is 3.05. The molecule has 2 aliphatic rings. The summed E-state index contributed by atoms with van der Waals surface area (Å²) in [7, 11) is 0. The fraction of sp³-hybridized carbons (Fsp3) is 0.550. The lowest BCUT2D eigenvalue weighted by molar-refractivity contribution is -0.134. The number of guanidine groups is 1. The minimum Gasteiger partial charge on any atom is -0.484 e. The predicted octanol–water partition coefficient (Wildman–Crippen LogP) is 1.40. The van der Waals surface area contributed by atoms with E-state index in [0.29, 0.717) is 37.9 Å². The monoisotopic (exact) mass is 388 g/mol. The quantitative estimate of drug-likeness (QED) is 0.591. The van der Waals surface area contributed by atoms with E-state index >= 15 is 0 Å². The highest BCUT2D eigenvalue weighted by Crippen LogP contribution is 2.30. The molecule has 1 aromatic carbocycles. The van der Waals surface area contributed by atoms with Gasteiger partial charge < -0.3 is 19.6 Å². The first-order chi connectivity index (χ1) is 13.6. The van der Waals surface area contributed by atoms with E-state index in [-0.39, 0.29) is 25.0 Å². The molecule has 1 fully saturated rings. The maximum Gasteiger partial charge on any atom is 0.260 e. The molecule has 3 rings (SSSR count). The Hall–Kier alpha value is -2.61. The molecule has 28 heavy (non-hydrogen) atoms. The highest BCUT2D eigenvalue weighted by Gasteiger charge is 2.29. The zero-order valence-corrected chi connectivity index (χ0v) is 16.3. The van der Waals surface area contributed by atoms with Crippen molar-refractivity contribution in [2.24, 2.45) is 4.99 Å². The van der Waals surface area contributed by atoms with E-state index in [1.54, 1.807) is 11.0 Å². The van der Waals surface area contributed by atoms with Gasteiger partial charge in [0.15, 0.2) is 6.61 Å². The van der Waals surface area contributed by atoms with E-state index in [1.807, 2.05) is 17.0 Å². The van der Waals surface area contributed by atoms with Gasteiger partial charge >= 0.3 is 0 Å². The lowest BCUT2D eigenvalue weighted by atomic mass is 10.1. The van der Waals surface area contributed by atoms with Crippen LogP contribution in [0, 0.1) is 0 Å². The summed E-state index contributed by atoms with van der Waals surface area (Å²) in [5.74, 6) is 0.998. The zero-order chi connectivity index (χ0) is 19.9. The number of fused-ring (bicyclic) bond motifs is 2. The van der Waals surface area contributed by atoms with Gasteiger partial charge in [-0.3, -0.25) is 14.9 Å². The number of nitrogens with zero attached hydrogens (tertiary/aromatic N) is 3. The fourth-order valence-corrected chi connectivity index (χ4v) is 3.38. The summed E-state index contributed by atoms with van der Waals surface area (Å²) in [5, 5.41) is 12.0. The van der Waals surface area contributed by atoms with Gasteiger partial charge in [0.1, 0.15) is 12.3 Å². The molecule has 0 aromatic heterocycles. The van der Waals surface area contributed by atoms with E-state index < -0.39 is 0 Å². The van der Waals surface area contributed by atoms with Crippen LogP contribution in [-0.2, 0) is 16.1 Å². The summed E-state index contributed by atoms with van der Waals surface area (Å²) in [6.45, 7) is 3.87. The van der Waals surface area contributed by atoms with Gasteiger partial charge in [-0.05, 0) is 24.6 Å². The molecule has 2 aliphatic heterocycles.